The number of aliphatic carboxylic acids is 2. The standard InChI is InChI=1S/C9H11N.C4H6O6/c10-9-6-8(9)7-4-2-1-3-5-7;5-1(3(7)8)2(6)4(9)10/h1-5,8-9H,6,10H2;1-2,5-6H,(H,7,8)(H,9,10)/t8-,9+;/m0./s1. The highest BCUT2D eigenvalue weighted by molar-refractivity contribution is 5.83. The zero-order valence-corrected chi connectivity index (χ0v) is 10.6. The molecule has 1 aliphatic rings. The number of rotatable bonds is 4. The molecule has 1 aliphatic carbocycles. The molecular formula is C13H17NO6. The summed E-state index contributed by atoms with van der Waals surface area (Å²) in [6.45, 7) is 0. The normalized spacial score (nSPS) is 22.9. The number of hydrogen-bond acceptors (Lipinski definition) is 5. The fourth-order valence-electron chi connectivity index (χ4n) is 1.57. The smallest absolute Gasteiger partial charge is 0.335 e. The molecule has 0 radical (unpaired) electrons. The maximum atomic E-state index is 9.77. The van der Waals surface area contributed by atoms with Crippen LogP contribution in [-0.4, -0.2) is 50.6 Å². The topological polar surface area (TPSA) is 141 Å². The predicted octanol–water partition coefficient (Wildman–Crippen LogP) is -0.621. The van der Waals surface area contributed by atoms with Gasteiger partial charge in [-0.2, -0.15) is 0 Å². The van der Waals surface area contributed by atoms with Crippen molar-refractivity contribution in [1.29, 1.82) is 0 Å². The highest BCUT2D eigenvalue weighted by atomic mass is 16.4. The maximum absolute atomic E-state index is 9.77. The van der Waals surface area contributed by atoms with Crippen molar-refractivity contribution in [3.05, 3.63) is 35.9 Å². The minimum absolute atomic E-state index is 0.433. The van der Waals surface area contributed by atoms with Crippen molar-refractivity contribution in [2.24, 2.45) is 5.73 Å². The number of carboxylic acid groups (broad SMARTS) is 2. The van der Waals surface area contributed by atoms with Crippen molar-refractivity contribution in [2.45, 2.75) is 30.6 Å². The average molecular weight is 283 g/mol. The van der Waals surface area contributed by atoms with E-state index in [0.29, 0.717) is 12.0 Å². The van der Waals surface area contributed by atoms with Crippen LogP contribution in [0.3, 0.4) is 0 Å². The van der Waals surface area contributed by atoms with E-state index in [4.69, 9.17) is 26.2 Å². The van der Waals surface area contributed by atoms with Crippen LogP contribution in [-0.2, 0) is 9.59 Å². The lowest BCUT2D eigenvalue weighted by Gasteiger charge is -2.07. The Labute approximate surface area is 115 Å². The second-order valence-corrected chi connectivity index (χ2v) is 4.48. The van der Waals surface area contributed by atoms with Crippen LogP contribution < -0.4 is 5.73 Å². The van der Waals surface area contributed by atoms with Crippen LogP contribution in [0.2, 0.25) is 0 Å². The van der Waals surface area contributed by atoms with Crippen LogP contribution in [0.15, 0.2) is 30.3 Å². The molecule has 2 rings (SSSR count). The van der Waals surface area contributed by atoms with E-state index in [1.165, 1.54) is 12.0 Å². The van der Waals surface area contributed by atoms with Crippen LogP contribution in [0.4, 0.5) is 0 Å². The summed E-state index contributed by atoms with van der Waals surface area (Å²) in [4.78, 5) is 19.5. The number of nitrogens with two attached hydrogens (primary N) is 1. The van der Waals surface area contributed by atoms with Crippen LogP contribution >= 0.6 is 0 Å². The Morgan fingerprint density at radius 1 is 1.05 bits per heavy atom. The quantitative estimate of drug-likeness (QED) is 0.495. The van der Waals surface area contributed by atoms with E-state index >= 15 is 0 Å². The fraction of sp³-hybridized carbons (Fsp3) is 0.385. The van der Waals surface area contributed by atoms with Gasteiger partial charge < -0.3 is 26.2 Å². The minimum atomic E-state index is -2.27. The molecule has 0 amide bonds. The highest BCUT2D eigenvalue weighted by Gasteiger charge is 2.34. The Kier molecular flexibility index (Phi) is 5.63. The number of benzene rings is 1. The Morgan fingerprint density at radius 3 is 1.75 bits per heavy atom. The minimum Gasteiger partial charge on any atom is -0.479 e. The summed E-state index contributed by atoms with van der Waals surface area (Å²) in [6, 6.07) is 10.9. The predicted molar refractivity (Wildman–Crippen MR) is 69.1 cm³/mol. The van der Waals surface area contributed by atoms with Gasteiger partial charge in [-0.05, 0) is 12.0 Å². The molecule has 110 valence electrons. The molecule has 0 saturated heterocycles. The van der Waals surface area contributed by atoms with Crippen molar-refractivity contribution in [2.75, 3.05) is 0 Å². The lowest BCUT2D eigenvalue weighted by molar-refractivity contribution is -0.165. The lowest BCUT2D eigenvalue weighted by atomic mass is 10.1. The van der Waals surface area contributed by atoms with Gasteiger partial charge in [0.15, 0.2) is 12.2 Å². The number of carbonyl (C=O) groups is 2. The molecule has 1 aromatic rings. The second-order valence-electron chi connectivity index (χ2n) is 4.48. The van der Waals surface area contributed by atoms with E-state index in [9.17, 15) is 9.59 Å². The number of aliphatic hydroxyl groups is 2. The number of carboxylic acids is 2. The van der Waals surface area contributed by atoms with Crippen LogP contribution in [0, 0.1) is 0 Å². The van der Waals surface area contributed by atoms with Gasteiger partial charge in [-0.1, -0.05) is 30.3 Å². The van der Waals surface area contributed by atoms with Gasteiger partial charge in [0.2, 0.25) is 0 Å². The maximum Gasteiger partial charge on any atom is 0.335 e. The van der Waals surface area contributed by atoms with E-state index in [-0.39, 0.29) is 0 Å². The molecule has 0 aromatic heterocycles. The number of aliphatic hydroxyl groups excluding tert-OH is 2. The molecular weight excluding hydrogens is 266 g/mol. The van der Waals surface area contributed by atoms with Gasteiger partial charge in [-0.25, -0.2) is 9.59 Å². The zero-order chi connectivity index (χ0) is 15.3. The molecule has 7 heteroatoms. The molecule has 0 heterocycles. The van der Waals surface area contributed by atoms with Crippen molar-refractivity contribution < 1.29 is 30.0 Å². The van der Waals surface area contributed by atoms with E-state index in [2.05, 4.69) is 24.3 Å². The molecule has 1 aromatic carbocycles. The lowest BCUT2D eigenvalue weighted by Crippen LogP contribution is -2.39. The summed E-state index contributed by atoms with van der Waals surface area (Å²) in [6.07, 6.45) is -3.36. The Hall–Kier alpha value is -1.96. The zero-order valence-electron chi connectivity index (χ0n) is 10.6. The molecule has 1 saturated carbocycles. The van der Waals surface area contributed by atoms with Gasteiger partial charge >= 0.3 is 11.9 Å². The first-order valence-electron chi connectivity index (χ1n) is 5.97. The van der Waals surface area contributed by atoms with Crippen molar-refractivity contribution in [3.8, 4) is 0 Å². The highest BCUT2D eigenvalue weighted by Crippen LogP contribution is 2.38. The molecule has 4 atom stereocenters. The summed E-state index contributed by atoms with van der Waals surface area (Å²) >= 11 is 0. The molecule has 20 heavy (non-hydrogen) atoms. The third-order valence-corrected chi connectivity index (χ3v) is 2.87. The molecule has 0 spiro atoms. The average Bonchev–Trinajstić information content (AvgIpc) is 3.15. The molecule has 0 bridgehead atoms. The van der Waals surface area contributed by atoms with E-state index in [1.54, 1.807) is 0 Å². The van der Waals surface area contributed by atoms with Crippen LogP contribution in [0.25, 0.3) is 0 Å². The largest absolute Gasteiger partial charge is 0.479 e. The number of hydrogen-bond donors (Lipinski definition) is 5. The monoisotopic (exact) mass is 283 g/mol. The molecule has 0 aliphatic heterocycles. The van der Waals surface area contributed by atoms with Gasteiger partial charge in [-0.15, -0.1) is 0 Å². The van der Waals surface area contributed by atoms with Gasteiger partial charge in [0.05, 0.1) is 0 Å². The second kappa shape index (κ2) is 6.99. The Morgan fingerprint density at radius 2 is 1.45 bits per heavy atom. The van der Waals surface area contributed by atoms with Crippen LogP contribution in [0.1, 0.15) is 17.9 Å². The van der Waals surface area contributed by atoms with E-state index in [0.717, 1.165) is 0 Å². The third kappa shape index (κ3) is 4.61. The van der Waals surface area contributed by atoms with Gasteiger partial charge in [0.25, 0.3) is 0 Å². The fourth-order valence-corrected chi connectivity index (χ4v) is 1.57. The first kappa shape index (κ1) is 16.1. The third-order valence-electron chi connectivity index (χ3n) is 2.87. The van der Waals surface area contributed by atoms with Crippen molar-refractivity contribution >= 4 is 11.9 Å². The van der Waals surface area contributed by atoms with Gasteiger partial charge in [0.1, 0.15) is 0 Å². The summed E-state index contributed by atoms with van der Waals surface area (Å²) in [5, 5.41) is 32.5. The molecule has 2 unspecified atom stereocenters. The Bertz CT molecular complexity index is 445. The Balaban J connectivity index is 0.000000200. The summed E-state index contributed by atoms with van der Waals surface area (Å²) in [5.41, 5.74) is 7.10. The summed E-state index contributed by atoms with van der Waals surface area (Å²) < 4.78 is 0. The van der Waals surface area contributed by atoms with Crippen molar-refractivity contribution in [1.82, 2.24) is 0 Å². The van der Waals surface area contributed by atoms with Crippen LogP contribution in [0.5, 0.6) is 0 Å². The first-order chi connectivity index (χ1) is 9.34. The summed E-state index contributed by atoms with van der Waals surface area (Å²) in [5.74, 6) is -2.88. The SMILES string of the molecule is N[C@@H]1C[C@H]1c1ccccc1.O=C(O)C(O)C(O)C(=O)O. The molecule has 1 fully saturated rings. The van der Waals surface area contributed by atoms with Crippen molar-refractivity contribution in [3.63, 3.8) is 0 Å². The molecule has 6 N–H and O–H groups in total. The first-order valence-corrected chi connectivity index (χ1v) is 5.97. The summed E-state index contributed by atoms with van der Waals surface area (Å²) in [7, 11) is 0. The van der Waals surface area contributed by atoms with E-state index < -0.39 is 24.1 Å². The molecule has 7 nitrogen and oxygen atoms in total. The van der Waals surface area contributed by atoms with Gasteiger partial charge in [-0.3, -0.25) is 0 Å². The van der Waals surface area contributed by atoms with Gasteiger partial charge in [0, 0.05) is 12.0 Å². The van der Waals surface area contributed by atoms with E-state index in [1.807, 2.05) is 6.07 Å².